The predicted molar refractivity (Wildman–Crippen MR) is 120 cm³/mol. The number of rotatable bonds is 8. The lowest BCUT2D eigenvalue weighted by Gasteiger charge is -2.58. The SMILES string of the molecule is C=C[SiH2]C(N([Si](C)(C)C)[Si](C)(C)C)N([Si](C)(C)C)[Si](C)(C)C. The van der Waals surface area contributed by atoms with E-state index in [9.17, 15) is 0 Å². The van der Waals surface area contributed by atoms with E-state index < -0.39 is 32.9 Å². The zero-order valence-electron chi connectivity index (χ0n) is 17.5. The van der Waals surface area contributed by atoms with Gasteiger partial charge in [-0.25, -0.2) is 0 Å². The minimum absolute atomic E-state index is 0.324. The molecule has 0 bridgehead atoms. The van der Waals surface area contributed by atoms with Gasteiger partial charge in [0.2, 0.25) is 0 Å². The Hall–Kier alpha value is 0.744. The van der Waals surface area contributed by atoms with Gasteiger partial charge in [-0.05, 0) is 0 Å². The highest BCUT2D eigenvalue weighted by atomic mass is 28.4. The first-order valence-electron chi connectivity index (χ1n) is 8.64. The van der Waals surface area contributed by atoms with E-state index in [1.807, 2.05) is 0 Å². The van der Waals surface area contributed by atoms with Gasteiger partial charge in [0.05, 0.1) is 9.52 Å². The van der Waals surface area contributed by atoms with Crippen LogP contribution < -0.4 is 0 Å². The van der Waals surface area contributed by atoms with Crippen molar-refractivity contribution in [2.45, 2.75) is 84.4 Å². The van der Waals surface area contributed by atoms with E-state index in [-0.39, 0.29) is 9.52 Å². The highest BCUT2D eigenvalue weighted by molar-refractivity contribution is 6.93. The van der Waals surface area contributed by atoms with Crippen molar-refractivity contribution >= 4 is 42.5 Å². The summed E-state index contributed by atoms with van der Waals surface area (Å²) in [5.41, 5.74) is 2.30. The van der Waals surface area contributed by atoms with E-state index in [4.69, 9.17) is 0 Å². The molecule has 0 aromatic carbocycles. The fourth-order valence-electron chi connectivity index (χ4n) is 4.28. The molecule has 0 unspecified atom stereocenters. The van der Waals surface area contributed by atoms with E-state index in [1.165, 1.54) is 0 Å². The van der Waals surface area contributed by atoms with Gasteiger partial charge in [-0.3, -0.25) is 0 Å². The van der Waals surface area contributed by atoms with Crippen molar-refractivity contribution in [1.29, 1.82) is 0 Å². The van der Waals surface area contributed by atoms with E-state index in [0.717, 1.165) is 0 Å². The Balaban J connectivity index is 6.20. The molecule has 0 aliphatic carbocycles. The molecule has 0 saturated heterocycles. The Morgan fingerprint density at radius 1 is 0.636 bits per heavy atom. The van der Waals surface area contributed by atoms with Crippen LogP contribution in [0.2, 0.25) is 78.6 Å². The van der Waals surface area contributed by atoms with Crippen LogP contribution in [0.5, 0.6) is 0 Å². The third-order valence-electron chi connectivity index (χ3n) is 3.86. The lowest BCUT2D eigenvalue weighted by molar-refractivity contribution is 0.406. The number of nitrogens with zero attached hydrogens (tertiary/aromatic N) is 2. The van der Waals surface area contributed by atoms with Gasteiger partial charge >= 0.3 is 0 Å². The molecule has 0 saturated carbocycles. The van der Waals surface area contributed by atoms with Crippen LogP contribution in [0.3, 0.4) is 0 Å². The molecule has 0 atom stereocenters. The van der Waals surface area contributed by atoms with Gasteiger partial charge in [-0.2, -0.15) is 0 Å². The minimum Gasteiger partial charge on any atom is -0.335 e. The summed E-state index contributed by atoms with van der Waals surface area (Å²) in [7, 11) is -5.76. The molecule has 7 heteroatoms. The normalized spacial score (nSPS) is 15.6. The van der Waals surface area contributed by atoms with Gasteiger partial charge in [0.15, 0.2) is 0 Å². The summed E-state index contributed by atoms with van der Waals surface area (Å²) in [5, 5.41) is 0. The van der Waals surface area contributed by atoms with Crippen molar-refractivity contribution in [2.24, 2.45) is 0 Å². The average Bonchev–Trinajstić information content (AvgIpc) is 2.06. The van der Waals surface area contributed by atoms with E-state index >= 15 is 0 Å². The molecule has 0 aromatic heterocycles. The summed E-state index contributed by atoms with van der Waals surface area (Å²) in [6.45, 7) is 34.7. The summed E-state index contributed by atoms with van der Waals surface area (Å²) in [6, 6.07) is 0. The second kappa shape index (κ2) is 7.32. The van der Waals surface area contributed by atoms with Crippen molar-refractivity contribution < 1.29 is 0 Å². The Bertz CT molecular complexity index is 311. The second-order valence-electron chi connectivity index (χ2n) is 10.4. The second-order valence-corrected chi connectivity index (χ2v) is 32.4. The van der Waals surface area contributed by atoms with Crippen LogP contribution in [0.1, 0.15) is 0 Å². The molecular formula is C15H42N2Si5. The molecule has 0 amide bonds. The maximum Gasteiger partial charge on any atom is 0.113 e. The maximum atomic E-state index is 4.16. The standard InChI is InChI=1S/C15H42N2Si5/c1-14-18-15(16(19(2,3)4)20(5,6)7)17(21(8,9)10)22(11,12)13/h14-15H,1,18H2,2-13H3. The zero-order chi connectivity index (χ0) is 18.1. The summed E-state index contributed by atoms with van der Waals surface area (Å²) in [4.78, 5) is 0. The smallest absolute Gasteiger partial charge is 0.113 e. The summed E-state index contributed by atoms with van der Waals surface area (Å²) < 4.78 is 6.12. The summed E-state index contributed by atoms with van der Waals surface area (Å²) in [5.74, 6) is 0.703. The quantitative estimate of drug-likeness (QED) is 0.444. The fourth-order valence-corrected chi connectivity index (χ4v) is 33.4. The third-order valence-corrected chi connectivity index (χ3v) is 21.8. The van der Waals surface area contributed by atoms with Crippen LogP contribution in [-0.4, -0.2) is 56.7 Å². The molecule has 0 spiro atoms. The van der Waals surface area contributed by atoms with Gasteiger partial charge in [-0.15, -0.1) is 12.3 Å². The molecule has 22 heavy (non-hydrogen) atoms. The van der Waals surface area contributed by atoms with E-state index in [1.54, 1.807) is 0 Å². The van der Waals surface area contributed by atoms with Crippen LogP contribution in [0, 0.1) is 0 Å². The molecule has 2 nitrogen and oxygen atoms in total. The first kappa shape index (κ1) is 22.7. The molecule has 0 fully saturated rings. The molecule has 0 N–H and O–H groups in total. The summed E-state index contributed by atoms with van der Waals surface area (Å²) in [6.07, 6.45) is 0. The maximum absolute atomic E-state index is 4.16. The monoisotopic (exact) mass is 390 g/mol. The Morgan fingerprint density at radius 2 is 0.864 bits per heavy atom. The lowest BCUT2D eigenvalue weighted by atomic mass is 11.2. The highest BCUT2D eigenvalue weighted by Gasteiger charge is 2.47. The minimum atomic E-state index is -1.36. The van der Waals surface area contributed by atoms with Gasteiger partial charge < -0.3 is 8.46 Å². The van der Waals surface area contributed by atoms with Gasteiger partial charge in [0.1, 0.15) is 32.9 Å². The molecule has 0 radical (unpaired) electrons. The van der Waals surface area contributed by atoms with Crippen LogP contribution in [0.15, 0.2) is 12.3 Å². The summed E-state index contributed by atoms with van der Waals surface area (Å²) >= 11 is 0. The predicted octanol–water partition coefficient (Wildman–Crippen LogP) is 4.53. The Morgan fingerprint density at radius 3 is 1.00 bits per heavy atom. The molecule has 0 aromatic rings. The topological polar surface area (TPSA) is 6.48 Å². The lowest BCUT2D eigenvalue weighted by Crippen LogP contribution is -2.75. The number of hydrogen-bond donors (Lipinski definition) is 0. The van der Waals surface area contributed by atoms with Crippen molar-refractivity contribution in [3.05, 3.63) is 12.3 Å². The first-order valence-corrected chi connectivity index (χ1v) is 24.1. The average molecular weight is 391 g/mol. The number of hydrogen-bond acceptors (Lipinski definition) is 2. The van der Waals surface area contributed by atoms with Crippen LogP contribution >= 0.6 is 0 Å². The van der Waals surface area contributed by atoms with Gasteiger partial charge in [-0.1, -0.05) is 78.6 Å². The van der Waals surface area contributed by atoms with Gasteiger partial charge in [0, 0.05) is 5.79 Å². The van der Waals surface area contributed by atoms with Crippen molar-refractivity contribution in [3.63, 3.8) is 0 Å². The molecule has 0 heterocycles. The first-order chi connectivity index (χ1) is 9.44. The van der Waals surface area contributed by atoms with Gasteiger partial charge in [0.25, 0.3) is 0 Å². The largest absolute Gasteiger partial charge is 0.335 e. The molecule has 132 valence electrons. The third kappa shape index (κ3) is 6.33. The molecule has 0 aliphatic rings. The van der Waals surface area contributed by atoms with Crippen LogP contribution in [0.4, 0.5) is 0 Å². The highest BCUT2D eigenvalue weighted by Crippen LogP contribution is 2.31. The van der Waals surface area contributed by atoms with Crippen LogP contribution in [-0.2, 0) is 0 Å². The van der Waals surface area contributed by atoms with Crippen molar-refractivity contribution in [1.82, 2.24) is 8.46 Å². The van der Waals surface area contributed by atoms with Crippen LogP contribution in [0.25, 0.3) is 0 Å². The zero-order valence-corrected chi connectivity index (χ0v) is 22.9. The van der Waals surface area contributed by atoms with Crippen molar-refractivity contribution in [3.8, 4) is 0 Å². The molecule has 0 rings (SSSR count). The molecule has 0 aliphatic heterocycles. The molecular weight excluding hydrogens is 349 g/mol. The Kier molecular flexibility index (Phi) is 7.57. The van der Waals surface area contributed by atoms with E-state index in [2.05, 4.69) is 99.3 Å². The fraction of sp³-hybridized carbons (Fsp3) is 0.867. The Labute approximate surface area is 147 Å². The van der Waals surface area contributed by atoms with Crippen molar-refractivity contribution in [2.75, 3.05) is 0 Å². The van der Waals surface area contributed by atoms with E-state index in [0.29, 0.717) is 5.79 Å².